The Balaban J connectivity index is 1.82. The van der Waals surface area contributed by atoms with Crippen LogP contribution in [0.15, 0.2) is 18.2 Å². The van der Waals surface area contributed by atoms with Gasteiger partial charge in [0, 0.05) is 24.4 Å². The largest absolute Gasteiger partial charge is 0.391 e. The Hall–Kier alpha value is -1.85. The lowest BCUT2D eigenvalue weighted by molar-refractivity contribution is -0.184. The van der Waals surface area contributed by atoms with E-state index in [0.717, 1.165) is 11.1 Å². The molecule has 0 aliphatic heterocycles. The number of benzene rings is 1. The predicted molar refractivity (Wildman–Crippen MR) is 89.4 cm³/mol. The molecule has 1 aliphatic rings. The van der Waals surface area contributed by atoms with Crippen LogP contribution in [0.1, 0.15) is 60.0 Å². The molecule has 25 heavy (non-hydrogen) atoms. The van der Waals surface area contributed by atoms with Gasteiger partial charge >= 0.3 is 6.18 Å². The maximum absolute atomic E-state index is 12.8. The van der Waals surface area contributed by atoms with Crippen LogP contribution in [0.3, 0.4) is 0 Å². The van der Waals surface area contributed by atoms with E-state index in [2.05, 4.69) is 5.32 Å². The molecule has 0 spiro atoms. The van der Waals surface area contributed by atoms with E-state index in [1.807, 2.05) is 19.9 Å². The molecule has 1 aromatic rings. The number of halogens is 3. The van der Waals surface area contributed by atoms with E-state index < -0.39 is 18.1 Å². The molecular formula is C19H24F3NO2. The number of alkyl halides is 3. The van der Waals surface area contributed by atoms with Crippen molar-refractivity contribution in [2.45, 2.75) is 64.6 Å². The molecule has 3 nitrogen and oxygen atoms in total. The number of hydrogen-bond acceptors (Lipinski definition) is 2. The summed E-state index contributed by atoms with van der Waals surface area (Å²) in [5.74, 6) is -1.83. The van der Waals surface area contributed by atoms with Crippen molar-refractivity contribution in [2.24, 2.45) is 5.92 Å². The van der Waals surface area contributed by atoms with Crippen LogP contribution >= 0.6 is 0 Å². The van der Waals surface area contributed by atoms with Crippen molar-refractivity contribution in [3.63, 3.8) is 0 Å². The van der Waals surface area contributed by atoms with Gasteiger partial charge in [0.05, 0.1) is 5.92 Å². The molecule has 0 saturated heterocycles. The minimum atomic E-state index is -4.21. The summed E-state index contributed by atoms with van der Waals surface area (Å²) in [4.78, 5) is 24.1. The number of nitrogens with one attached hydrogen (secondary N) is 1. The van der Waals surface area contributed by atoms with Gasteiger partial charge in [0.1, 0.15) is 0 Å². The molecule has 1 N–H and O–H groups in total. The Morgan fingerprint density at radius 1 is 1.12 bits per heavy atom. The minimum Gasteiger partial charge on any atom is -0.353 e. The van der Waals surface area contributed by atoms with E-state index in [1.165, 1.54) is 0 Å². The first-order valence-corrected chi connectivity index (χ1v) is 8.63. The molecule has 1 aromatic carbocycles. The highest BCUT2D eigenvalue weighted by molar-refractivity contribution is 5.98. The van der Waals surface area contributed by atoms with Gasteiger partial charge in [-0.2, -0.15) is 13.2 Å². The highest BCUT2D eigenvalue weighted by Gasteiger charge is 2.42. The van der Waals surface area contributed by atoms with Gasteiger partial charge in [0.2, 0.25) is 5.91 Å². The van der Waals surface area contributed by atoms with E-state index >= 15 is 0 Å². The number of carbonyl (C=O) groups is 2. The van der Waals surface area contributed by atoms with Gasteiger partial charge in [0.15, 0.2) is 5.78 Å². The fourth-order valence-corrected chi connectivity index (χ4v) is 3.20. The Kier molecular flexibility index (Phi) is 6.25. The summed E-state index contributed by atoms with van der Waals surface area (Å²) in [5, 5.41) is 2.66. The van der Waals surface area contributed by atoms with Gasteiger partial charge in [-0.15, -0.1) is 0 Å². The molecule has 1 aliphatic carbocycles. The van der Waals surface area contributed by atoms with E-state index in [1.54, 1.807) is 12.1 Å². The quantitative estimate of drug-likeness (QED) is 0.790. The number of rotatable bonds is 5. The minimum absolute atomic E-state index is 0.00105. The average Bonchev–Trinajstić information content (AvgIpc) is 2.54. The van der Waals surface area contributed by atoms with Gasteiger partial charge < -0.3 is 5.32 Å². The second kappa shape index (κ2) is 8.02. The molecule has 1 saturated carbocycles. The van der Waals surface area contributed by atoms with Crippen LogP contribution in [-0.4, -0.2) is 23.9 Å². The Labute approximate surface area is 146 Å². The summed E-state index contributed by atoms with van der Waals surface area (Å²) in [6, 6.07) is 4.94. The van der Waals surface area contributed by atoms with Gasteiger partial charge in [-0.1, -0.05) is 18.6 Å². The normalized spacial score (nSPS) is 21.0. The first kappa shape index (κ1) is 19.5. The van der Waals surface area contributed by atoms with Crippen molar-refractivity contribution in [3.05, 3.63) is 34.9 Å². The third kappa shape index (κ3) is 5.58. The SMILES string of the molecule is Cc1ccc(C(=O)CCC(=O)NC2CCCC(C(F)(F)F)C2)cc1C. The fourth-order valence-electron chi connectivity index (χ4n) is 3.20. The van der Waals surface area contributed by atoms with Crippen molar-refractivity contribution < 1.29 is 22.8 Å². The summed E-state index contributed by atoms with van der Waals surface area (Å²) in [6.45, 7) is 3.87. The smallest absolute Gasteiger partial charge is 0.353 e. The summed E-state index contributed by atoms with van der Waals surface area (Å²) in [5.41, 5.74) is 2.66. The number of Topliss-reactive ketones (excluding diaryl/α,β-unsaturated/α-hetero) is 1. The van der Waals surface area contributed by atoms with Crippen LogP contribution in [0.25, 0.3) is 0 Å². The van der Waals surface area contributed by atoms with Crippen LogP contribution in [0.2, 0.25) is 0 Å². The zero-order valence-corrected chi connectivity index (χ0v) is 14.6. The second-order valence-electron chi connectivity index (χ2n) is 6.89. The van der Waals surface area contributed by atoms with Crippen LogP contribution in [-0.2, 0) is 4.79 Å². The maximum Gasteiger partial charge on any atom is 0.391 e. The second-order valence-corrected chi connectivity index (χ2v) is 6.89. The Bertz CT molecular complexity index is 640. The Morgan fingerprint density at radius 3 is 2.48 bits per heavy atom. The standard InChI is InChI=1S/C19H24F3NO2/c1-12-6-7-14(10-13(12)2)17(24)8-9-18(25)23-16-5-3-4-15(11-16)19(20,21)22/h6-7,10,15-16H,3-5,8-9,11H2,1-2H3,(H,23,25). The van der Waals surface area contributed by atoms with E-state index in [-0.39, 0.29) is 37.4 Å². The fraction of sp³-hybridized carbons (Fsp3) is 0.579. The van der Waals surface area contributed by atoms with Crippen molar-refractivity contribution in [2.75, 3.05) is 0 Å². The van der Waals surface area contributed by atoms with Crippen LogP contribution in [0, 0.1) is 19.8 Å². The Morgan fingerprint density at radius 2 is 1.84 bits per heavy atom. The molecule has 0 radical (unpaired) electrons. The molecule has 2 rings (SSSR count). The molecule has 2 atom stereocenters. The zero-order chi connectivity index (χ0) is 18.6. The molecule has 2 unspecified atom stereocenters. The molecule has 138 valence electrons. The third-order valence-corrected chi connectivity index (χ3v) is 4.91. The summed E-state index contributed by atoms with van der Waals surface area (Å²) >= 11 is 0. The van der Waals surface area contributed by atoms with Crippen molar-refractivity contribution in [1.29, 1.82) is 0 Å². The van der Waals surface area contributed by atoms with E-state index in [9.17, 15) is 22.8 Å². The number of hydrogen-bond donors (Lipinski definition) is 1. The van der Waals surface area contributed by atoms with Gasteiger partial charge in [-0.05, 0) is 50.3 Å². The number of ketones is 1. The molecule has 0 aromatic heterocycles. The summed E-state index contributed by atoms with van der Waals surface area (Å²) in [6.07, 6.45) is -3.08. The summed E-state index contributed by atoms with van der Waals surface area (Å²) < 4.78 is 38.4. The number of carbonyl (C=O) groups excluding carboxylic acids is 2. The van der Waals surface area contributed by atoms with E-state index in [4.69, 9.17) is 0 Å². The van der Waals surface area contributed by atoms with Gasteiger partial charge in [-0.3, -0.25) is 9.59 Å². The first-order valence-electron chi connectivity index (χ1n) is 8.63. The van der Waals surface area contributed by atoms with Crippen LogP contribution < -0.4 is 5.32 Å². The average molecular weight is 355 g/mol. The molecule has 0 bridgehead atoms. The van der Waals surface area contributed by atoms with Crippen molar-refractivity contribution in [1.82, 2.24) is 5.32 Å². The zero-order valence-electron chi connectivity index (χ0n) is 14.6. The lowest BCUT2D eigenvalue weighted by Crippen LogP contribution is -2.41. The molecular weight excluding hydrogens is 331 g/mol. The highest BCUT2D eigenvalue weighted by atomic mass is 19.4. The molecule has 6 heteroatoms. The van der Waals surface area contributed by atoms with E-state index in [0.29, 0.717) is 18.4 Å². The van der Waals surface area contributed by atoms with Crippen LogP contribution in [0.5, 0.6) is 0 Å². The third-order valence-electron chi connectivity index (χ3n) is 4.91. The van der Waals surface area contributed by atoms with Crippen LogP contribution in [0.4, 0.5) is 13.2 Å². The highest BCUT2D eigenvalue weighted by Crippen LogP contribution is 2.37. The lowest BCUT2D eigenvalue weighted by Gasteiger charge is -2.31. The van der Waals surface area contributed by atoms with Gasteiger partial charge in [-0.25, -0.2) is 0 Å². The molecule has 0 heterocycles. The van der Waals surface area contributed by atoms with Crippen molar-refractivity contribution in [3.8, 4) is 0 Å². The predicted octanol–water partition coefficient (Wildman–Crippen LogP) is 4.50. The first-order chi connectivity index (χ1) is 11.7. The maximum atomic E-state index is 12.8. The molecule has 1 amide bonds. The number of aryl methyl sites for hydroxylation is 2. The lowest BCUT2D eigenvalue weighted by atomic mass is 9.85. The topological polar surface area (TPSA) is 46.2 Å². The monoisotopic (exact) mass is 355 g/mol. The number of amides is 1. The van der Waals surface area contributed by atoms with Gasteiger partial charge in [0.25, 0.3) is 0 Å². The molecule has 1 fully saturated rings. The summed E-state index contributed by atoms with van der Waals surface area (Å²) in [7, 11) is 0. The van der Waals surface area contributed by atoms with Crippen molar-refractivity contribution >= 4 is 11.7 Å².